The quantitative estimate of drug-likeness (QED) is 0.824. The van der Waals surface area contributed by atoms with E-state index in [1.54, 1.807) is 18.2 Å². The SMILES string of the molecule is OC(CNc1ccccc1F)CC1CCCC1. The Morgan fingerprint density at radius 2 is 2.00 bits per heavy atom. The van der Waals surface area contributed by atoms with Gasteiger partial charge in [0, 0.05) is 6.54 Å². The Kier molecular flexibility index (Phi) is 4.37. The second kappa shape index (κ2) is 6.01. The maximum absolute atomic E-state index is 13.3. The molecule has 0 aliphatic heterocycles. The van der Waals surface area contributed by atoms with Crippen molar-refractivity contribution in [3.63, 3.8) is 0 Å². The van der Waals surface area contributed by atoms with Crippen molar-refractivity contribution in [3.8, 4) is 0 Å². The van der Waals surface area contributed by atoms with E-state index >= 15 is 0 Å². The van der Waals surface area contributed by atoms with Gasteiger partial charge in [0.25, 0.3) is 0 Å². The second-order valence-corrected chi connectivity index (χ2v) is 4.90. The summed E-state index contributed by atoms with van der Waals surface area (Å²) >= 11 is 0. The van der Waals surface area contributed by atoms with Crippen LogP contribution >= 0.6 is 0 Å². The van der Waals surface area contributed by atoms with Crippen molar-refractivity contribution in [2.75, 3.05) is 11.9 Å². The van der Waals surface area contributed by atoms with Crippen molar-refractivity contribution in [3.05, 3.63) is 30.1 Å². The zero-order valence-corrected chi connectivity index (χ0v) is 10.0. The molecular formula is C14H20FNO. The standard InChI is InChI=1S/C14H20FNO/c15-13-7-3-4-8-14(13)16-10-12(17)9-11-5-1-2-6-11/h3-4,7-8,11-12,16-17H,1-2,5-6,9-10H2. The average Bonchev–Trinajstić information content (AvgIpc) is 2.81. The minimum absolute atomic E-state index is 0.263. The summed E-state index contributed by atoms with van der Waals surface area (Å²) in [7, 11) is 0. The first-order valence-corrected chi connectivity index (χ1v) is 6.42. The number of para-hydroxylation sites is 1. The molecule has 1 fully saturated rings. The van der Waals surface area contributed by atoms with Crippen LogP contribution in [0, 0.1) is 11.7 Å². The fourth-order valence-electron chi connectivity index (χ4n) is 2.55. The normalized spacial score (nSPS) is 18.2. The summed E-state index contributed by atoms with van der Waals surface area (Å²) in [6.45, 7) is 0.428. The molecule has 2 rings (SSSR count). The Hall–Kier alpha value is -1.09. The molecule has 1 unspecified atom stereocenters. The molecule has 94 valence electrons. The van der Waals surface area contributed by atoms with Gasteiger partial charge in [-0.1, -0.05) is 37.8 Å². The summed E-state index contributed by atoms with van der Waals surface area (Å²) in [5.74, 6) is 0.396. The molecule has 1 aliphatic carbocycles. The second-order valence-electron chi connectivity index (χ2n) is 4.90. The highest BCUT2D eigenvalue weighted by molar-refractivity contribution is 5.44. The van der Waals surface area contributed by atoms with Crippen LogP contribution in [0.15, 0.2) is 24.3 Å². The highest BCUT2D eigenvalue weighted by atomic mass is 19.1. The highest BCUT2D eigenvalue weighted by Crippen LogP contribution is 2.28. The van der Waals surface area contributed by atoms with Crippen LogP contribution in [0.5, 0.6) is 0 Å². The Bertz CT molecular complexity index is 350. The minimum atomic E-state index is -0.377. The van der Waals surface area contributed by atoms with E-state index in [9.17, 15) is 9.50 Å². The van der Waals surface area contributed by atoms with Gasteiger partial charge in [0.1, 0.15) is 5.82 Å². The van der Waals surface area contributed by atoms with E-state index in [1.165, 1.54) is 31.7 Å². The van der Waals surface area contributed by atoms with E-state index in [2.05, 4.69) is 5.32 Å². The summed E-state index contributed by atoms with van der Waals surface area (Å²) in [5.41, 5.74) is 0.470. The summed E-state index contributed by atoms with van der Waals surface area (Å²) in [6.07, 6.45) is 5.50. The molecule has 0 saturated heterocycles. The molecule has 0 amide bonds. The lowest BCUT2D eigenvalue weighted by atomic mass is 10.00. The zero-order valence-electron chi connectivity index (χ0n) is 10.0. The molecule has 1 aliphatic rings. The summed E-state index contributed by atoms with van der Waals surface area (Å²) in [5, 5.41) is 12.8. The van der Waals surface area contributed by atoms with Gasteiger partial charge in [-0.2, -0.15) is 0 Å². The van der Waals surface area contributed by atoms with E-state index < -0.39 is 0 Å². The molecule has 0 bridgehead atoms. The smallest absolute Gasteiger partial charge is 0.146 e. The molecule has 2 N–H and O–H groups in total. The van der Waals surface area contributed by atoms with Crippen LogP contribution in [0.3, 0.4) is 0 Å². The van der Waals surface area contributed by atoms with Crippen LogP contribution in [0.4, 0.5) is 10.1 Å². The number of benzene rings is 1. The van der Waals surface area contributed by atoms with E-state index in [0.717, 1.165) is 6.42 Å². The molecule has 17 heavy (non-hydrogen) atoms. The number of nitrogens with one attached hydrogen (secondary N) is 1. The largest absolute Gasteiger partial charge is 0.391 e. The molecule has 3 heteroatoms. The van der Waals surface area contributed by atoms with Gasteiger partial charge in [0.15, 0.2) is 0 Å². The number of aliphatic hydroxyl groups excluding tert-OH is 1. The van der Waals surface area contributed by atoms with Crippen LogP contribution in [0.1, 0.15) is 32.1 Å². The van der Waals surface area contributed by atoms with E-state index in [-0.39, 0.29) is 11.9 Å². The van der Waals surface area contributed by atoms with Crippen molar-refractivity contribution < 1.29 is 9.50 Å². The van der Waals surface area contributed by atoms with Gasteiger partial charge in [0.05, 0.1) is 11.8 Å². The Labute approximate surface area is 102 Å². The van der Waals surface area contributed by atoms with Gasteiger partial charge < -0.3 is 10.4 Å². The number of hydrogen-bond donors (Lipinski definition) is 2. The first-order valence-electron chi connectivity index (χ1n) is 6.42. The Morgan fingerprint density at radius 3 is 2.71 bits per heavy atom. The predicted octanol–water partition coefficient (Wildman–Crippen LogP) is 3.18. The molecule has 1 aromatic rings. The first-order chi connectivity index (χ1) is 8.25. The Balaban J connectivity index is 1.75. The van der Waals surface area contributed by atoms with E-state index in [0.29, 0.717) is 18.2 Å². The molecule has 0 heterocycles. The summed E-state index contributed by atoms with van der Waals surface area (Å²) in [4.78, 5) is 0. The molecule has 0 radical (unpaired) electrons. The Morgan fingerprint density at radius 1 is 1.29 bits per heavy atom. The maximum atomic E-state index is 13.3. The number of hydrogen-bond acceptors (Lipinski definition) is 2. The molecule has 1 aromatic carbocycles. The summed E-state index contributed by atoms with van der Waals surface area (Å²) < 4.78 is 13.3. The molecule has 0 spiro atoms. The van der Waals surface area contributed by atoms with Crippen LogP contribution in [-0.2, 0) is 0 Å². The fourth-order valence-corrected chi connectivity index (χ4v) is 2.55. The third-order valence-electron chi connectivity index (χ3n) is 3.48. The van der Waals surface area contributed by atoms with Crippen molar-refractivity contribution in [2.45, 2.75) is 38.2 Å². The zero-order chi connectivity index (χ0) is 12.1. The molecule has 2 nitrogen and oxygen atoms in total. The van der Waals surface area contributed by atoms with Crippen molar-refractivity contribution >= 4 is 5.69 Å². The van der Waals surface area contributed by atoms with Crippen LogP contribution in [-0.4, -0.2) is 17.8 Å². The number of halogens is 1. The van der Waals surface area contributed by atoms with Crippen molar-refractivity contribution in [1.82, 2.24) is 0 Å². The van der Waals surface area contributed by atoms with Gasteiger partial charge in [-0.05, 0) is 24.5 Å². The lowest BCUT2D eigenvalue weighted by Crippen LogP contribution is -2.22. The van der Waals surface area contributed by atoms with E-state index in [4.69, 9.17) is 0 Å². The number of aliphatic hydroxyl groups is 1. The average molecular weight is 237 g/mol. The lowest BCUT2D eigenvalue weighted by molar-refractivity contribution is 0.155. The van der Waals surface area contributed by atoms with Gasteiger partial charge >= 0.3 is 0 Å². The molecule has 1 atom stereocenters. The maximum Gasteiger partial charge on any atom is 0.146 e. The highest BCUT2D eigenvalue weighted by Gasteiger charge is 2.18. The van der Waals surface area contributed by atoms with Crippen molar-refractivity contribution in [1.29, 1.82) is 0 Å². The first kappa shape index (κ1) is 12.4. The van der Waals surface area contributed by atoms with Gasteiger partial charge in [-0.15, -0.1) is 0 Å². The molecular weight excluding hydrogens is 217 g/mol. The van der Waals surface area contributed by atoms with Gasteiger partial charge in [-0.25, -0.2) is 4.39 Å². The van der Waals surface area contributed by atoms with Crippen LogP contribution in [0.2, 0.25) is 0 Å². The molecule has 1 saturated carbocycles. The van der Waals surface area contributed by atoms with E-state index in [1.807, 2.05) is 0 Å². The van der Waals surface area contributed by atoms with Gasteiger partial charge in [-0.3, -0.25) is 0 Å². The summed E-state index contributed by atoms with van der Waals surface area (Å²) in [6, 6.07) is 6.56. The van der Waals surface area contributed by atoms with Crippen molar-refractivity contribution in [2.24, 2.45) is 5.92 Å². The van der Waals surface area contributed by atoms with Crippen LogP contribution in [0.25, 0.3) is 0 Å². The minimum Gasteiger partial charge on any atom is -0.391 e. The number of rotatable bonds is 5. The van der Waals surface area contributed by atoms with Gasteiger partial charge in [0.2, 0.25) is 0 Å². The molecule has 0 aromatic heterocycles. The third-order valence-corrected chi connectivity index (χ3v) is 3.48. The number of anilines is 1. The monoisotopic (exact) mass is 237 g/mol. The lowest BCUT2D eigenvalue weighted by Gasteiger charge is -2.16. The predicted molar refractivity (Wildman–Crippen MR) is 67.5 cm³/mol. The third kappa shape index (κ3) is 3.70. The fraction of sp³-hybridized carbons (Fsp3) is 0.571. The topological polar surface area (TPSA) is 32.3 Å². The van der Waals surface area contributed by atoms with Crippen LogP contribution < -0.4 is 5.32 Å².